The van der Waals surface area contributed by atoms with Gasteiger partial charge in [0.15, 0.2) is 0 Å². The minimum Gasteiger partial charge on any atom is -0.496 e. The van der Waals surface area contributed by atoms with Gasteiger partial charge < -0.3 is 9.47 Å². The molecular formula is C14H15ClN2O2. The predicted octanol–water partition coefficient (Wildman–Crippen LogP) is 3.80. The molecule has 0 radical (unpaired) electrons. The first kappa shape index (κ1) is 15.1. The molecule has 2 rings (SSSR count). The van der Waals surface area contributed by atoms with Gasteiger partial charge in [0.1, 0.15) is 28.3 Å². The highest BCUT2D eigenvalue weighted by molar-refractivity contribution is 6.36. The van der Waals surface area contributed by atoms with Crippen molar-refractivity contribution in [3.63, 3.8) is 0 Å². The molecule has 0 saturated carbocycles. The third-order valence-electron chi connectivity index (χ3n) is 2.40. The van der Waals surface area contributed by atoms with Crippen molar-refractivity contribution < 1.29 is 9.47 Å². The number of hydrogen-bond acceptors (Lipinski definition) is 4. The maximum atomic E-state index is 8.89. The normalized spacial score (nSPS) is 9.26. The summed E-state index contributed by atoms with van der Waals surface area (Å²) < 4.78 is 10.3. The van der Waals surface area contributed by atoms with Crippen molar-refractivity contribution in [2.24, 2.45) is 0 Å². The molecule has 1 aromatic carbocycles. The Morgan fingerprint density at radius 3 is 2.32 bits per heavy atom. The highest BCUT2D eigenvalue weighted by Gasteiger charge is 2.12. The highest BCUT2D eigenvalue weighted by atomic mass is 35.5. The van der Waals surface area contributed by atoms with Crippen molar-refractivity contribution >= 4 is 22.5 Å². The van der Waals surface area contributed by atoms with Gasteiger partial charge in [-0.15, -0.1) is 0 Å². The topological polar surface area (TPSA) is 55.1 Å². The highest BCUT2D eigenvalue weighted by Crippen LogP contribution is 2.35. The van der Waals surface area contributed by atoms with Crippen LogP contribution in [-0.4, -0.2) is 19.2 Å². The van der Waals surface area contributed by atoms with E-state index in [9.17, 15) is 0 Å². The van der Waals surface area contributed by atoms with E-state index in [0.29, 0.717) is 22.0 Å². The van der Waals surface area contributed by atoms with Crippen LogP contribution in [0.1, 0.15) is 19.5 Å². The van der Waals surface area contributed by atoms with Gasteiger partial charge in [-0.05, 0) is 12.1 Å². The van der Waals surface area contributed by atoms with E-state index >= 15 is 0 Å². The second kappa shape index (κ2) is 6.81. The zero-order valence-corrected chi connectivity index (χ0v) is 12.1. The van der Waals surface area contributed by atoms with E-state index in [1.165, 1.54) is 14.2 Å². The van der Waals surface area contributed by atoms with Crippen LogP contribution in [0.5, 0.6) is 11.5 Å². The van der Waals surface area contributed by atoms with Gasteiger partial charge >= 0.3 is 0 Å². The van der Waals surface area contributed by atoms with Crippen molar-refractivity contribution in [2.45, 2.75) is 13.8 Å². The molecule has 0 amide bonds. The summed E-state index contributed by atoms with van der Waals surface area (Å²) in [5.41, 5.74) is 0.756. The molecule has 5 heteroatoms. The molecule has 0 unspecified atom stereocenters. The summed E-state index contributed by atoms with van der Waals surface area (Å²) in [6, 6.07) is 7.08. The van der Waals surface area contributed by atoms with Crippen LogP contribution in [0.2, 0.25) is 5.02 Å². The van der Waals surface area contributed by atoms with Gasteiger partial charge in [-0.25, -0.2) is 4.98 Å². The van der Waals surface area contributed by atoms with Crippen molar-refractivity contribution in [1.82, 2.24) is 4.98 Å². The zero-order valence-electron chi connectivity index (χ0n) is 11.3. The number of halogens is 1. The Labute approximate surface area is 117 Å². The number of aromatic nitrogens is 1. The van der Waals surface area contributed by atoms with Crippen LogP contribution in [0.15, 0.2) is 18.2 Å². The molecular weight excluding hydrogens is 264 g/mol. The fourth-order valence-electron chi connectivity index (χ4n) is 1.59. The Morgan fingerprint density at radius 1 is 1.16 bits per heavy atom. The lowest BCUT2D eigenvalue weighted by Crippen LogP contribution is -1.93. The lowest BCUT2D eigenvalue weighted by Gasteiger charge is -2.09. The number of rotatable bonds is 2. The fourth-order valence-corrected chi connectivity index (χ4v) is 1.88. The largest absolute Gasteiger partial charge is 0.496 e. The van der Waals surface area contributed by atoms with E-state index in [1.54, 1.807) is 18.2 Å². The molecule has 0 fully saturated rings. The Balaban J connectivity index is 0.000000861. The number of ether oxygens (including phenoxy) is 2. The lowest BCUT2D eigenvalue weighted by molar-refractivity contribution is 0.414. The molecule has 0 aliphatic rings. The Bertz CT molecular complexity index is 621. The number of nitrogens with zero attached hydrogens (tertiary/aromatic N) is 2. The molecule has 19 heavy (non-hydrogen) atoms. The lowest BCUT2D eigenvalue weighted by atomic mass is 10.1. The second-order valence-electron chi connectivity index (χ2n) is 3.30. The third-order valence-corrected chi connectivity index (χ3v) is 2.77. The zero-order chi connectivity index (χ0) is 14.4. The summed E-state index contributed by atoms with van der Waals surface area (Å²) in [5.74, 6) is 1.08. The van der Waals surface area contributed by atoms with E-state index in [-0.39, 0.29) is 5.69 Å². The summed E-state index contributed by atoms with van der Waals surface area (Å²) in [6.07, 6.45) is 0. The van der Waals surface area contributed by atoms with Gasteiger partial charge in [0.2, 0.25) is 0 Å². The summed E-state index contributed by atoms with van der Waals surface area (Å²) in [7, 11) is 3.06. The molecule has 0 spiro atoms. The van der Waals surface area contributed by atoms with Crippen LogP contribution in [0, 0.1) is 11.3 Å². The first-order chi connectivity index (χ1) is 9.21. The van der Waals surface area contributed by atoms with Gasteiger partial charge in [0, 0.05) is 11.5 Å². The molecule has 0 aliphatic carbocycles. The quantitative estimate of drug-likeness (QED) is 0.838. The molecule has 0 N–H and O–H groups in total. The molecule has 1 heterocycles. The SMILES string of the molecule is CC.COc1ccc2c(OC)cc(C#N)nc2c1Cl. The molecule has 1 aromatic heterocycles. The minimum absolute atomic E-state index is 0.254. The van der Waals surface area contributed by atoms with Gasteiger partial charge in [-0.3, -0.25) is 0 Å². The number of pyridine rings is 1. The second-order valence-corrected chi connectivity index (χ2v) is 3.68. The molecule has 100 valence electrons. The van der Waals surface area contributed by atoms with E-state index < -0.39 is 0 Å². The summed E-state index contributed by atoms with van der Waals surface area (Å²) in [4.78, 5) is 4.16. The number of methoxy groups -OCH3 is 2. The van der Waals surface area contributed by atoms with Crippen LogP contribution in [0.4, 0.5) is 0 Å². The molecule has 0 bridgehead atoms. The smallest absolute Gasteiger partial charge is 0.144 e. The Morgan fingerprint density at radius 2 is 1.79 bits per heavy atom. The molecule has 0 saturated heterocycles. The first-order valence-corrected chi connectivity index (χ1v) is 6.20. The van der Waals surface area contributed by atoms with Crippen molar-refractivity contribution in [1.29, 1.82) is 5.26 Å². The Kier molecular flexibility index (Phi) is 5.40. The van der Waals surface area contributed by atoms with E-state index in [0.717, 1.165) is 5.39 Å². The van der Waals surface area contributed by atoms with Crippen LogP contribution >= 0.6 is 11.6 Å². The summed E-state index contributed by atoms with van der Waals surface area (Å²) >= 11 is 6.15. The molecule has 0 atom stereocenters. The van der Waals surface area contributed by atoms with Crippen molar-refractivity contribution in [3.05, 3.63) is 28.9 Å². The average molecular weight is 279 g/mol. The van der Waals surface area contributed by atoms with Gasteiger partial charge in [-0.1, -0.05) is 25.4 Å². The van der Waals surface area contributed by atoms with Gasteiger partial charge in [-0.2, -0.15) is 5.26 Å². The van der Waals surface area contributed by atoms with Crippen LogP contribution in [0.25, 0.3) is 10.9 Å². The van der Waals surface area contributed by atoms with Crippen LogP contribution in [-0.2, 0) is 0 Å². The number of benzene rings is 1. The average Bonchev–Trinajstić information content (AvgIpc) is 2.49. The molecule has 2 aromatic rings. The molecule has 0 aliphatic heterocycles. The number of hydrogen-bond donors (Lipinski definition) is 0. The van der Waals surface area contributed by atoms with E-state index in [4.69, 9.17) is 26.3 Å². The maximum absolute atomic E-state index is 8.89. The van der Waals surface area contributed by atoms with Crippen molar-refractivity contribution in [3.8, 4) is 17.6 Å². The van der Waals surface area contributed by atoms with Crippen molar-refractivity contribution in [2.75, 3.05) is 14.2 Å². The fraction of sp³-hybridized carbons (Fsp3) is 0.286. The summed E-state index contributed by atoms with van der Waals surface area (Å²) in [5, 5.41) is 10.0. The van der Waals surface area contributed by atoms with Crippen LogP contribution in [0.3, 0.4) is 0 Å². The van der Waals surface area contributed by atoms with Gasteiger partial charge in [0.25, 0.3) is 0 Å². The van der Waals surface area contributed by atoms with Gasteiger partial charge in [0.05, 0.1) is 19.7 Å². The number of nitriles is 1. The predicted molar refractivity (Wildman–Crippen MR) is 75.9 cm³/mol. The van der Waals surface area contributed by atoms with E-state index in [2.05, 4.69) is 4.98 Å². The van der Waals surface area contributed by atoms with E-state index in [1.807, 2.05) is 19.9 Å². The summed E-state index contributed by atoms with van der Waals surface area (Å²) in [6.45, 7) is 4.00. The molecule has 4 nitrogen and oxygen atoms in total. The Hall–Kier alpha value is -1.99. The third kappa shape index (κ3) is 2.88. The minimum atomic E-state index is 0.254. The monoisotopic (exact) mass is 278 g/mol. The van der Waals surface area contributed by atoms with Crippen LogP contribution < -0.4 is 9.47 Å². The maximum Gasteiger partial charge on any atom is 0.144 e. The first-order valence-electron chi connectivity index (χ1n) is 5.82. The standard InChI is InChI=1S/C12H9ClN2O2.C2H6/c1-16-9-4-3-8-10(17-2)5-7(6-14)15-12(8)11(9)13;1-2/h3-5H,1-2H3;1-2H3. The number of fused-ring (bicyclic) bond motifs is 1.